The van der Waals surface area contributed by atoms with Crippen LogP contribution in [0.5, 0.6) is 5.75 Å². The zero-order valence-corrected chi connectivity index (χ0v) is 9.19. The van der Waals surface area contributed by atoms with Gasteiger partial charge in [0.25, 0.3) is 0 Å². The number of hydrogen-bond acceptors (Lipinski definition) is 2. The molecule has 0 heterocycles. The zero-order valence-electron chi connectivity index (χ0n) is 9.19. The predicted octanol–water partition coefficient (Wildman–Crippen LogP) is 2.95. The number of hydrogen-bond donors (Lipinski definition) is 1. The molecule has 3 heteroatoms. The molecular formula is C13H16O3. The molecule has 1 N–H and O–H groups in total. The Bertz CT molecular complexity index is 352. The van der Waals surface area contributed by atoms with Crippen LogP contribution in [0.4, 0.5) is 0 Å². The van der Waals surface area contributed by atoms with E-state index in [1.807, 2.05) is 0 Å². The van der Waals surface area contributed by atoms with E-state index in [0.717, 1.165) is 24.7 Å². The van der Waals surface area contributed by atoms with Gasteiger partial charge in [0.2, 0.25) is 0 Å². The van der Waals surface area contributed by atoms with Crippen molar-refractivity contribution >= 4 is 5.97 Å². The van der Waals surface area contributed by atoms with E-state index in [2.05, 4.69) is 0 Å². The summed E-state index contributed by atoms with van der Waals surface area (Å²) in [4.78, 5) is 10.6. The predicted molar refractivity (Wildman–Crippen MR) is 60.9 cm³/mol. The maximum atomic E-state index is 10.6. The van der Waals surface area contributed by atoms with E-state index in [-0.39, 0.29) is 0 Å². The van der Waals surface area contributed by atoms with Gasteiger partial charge >= 0.3 is 5.97 Å². The monoisotopic (exact) mass is 220 g/mol. The Balaban J connectivity index is 1.78. The zero-order chi connectivity index (χ0) is 11.4. The molecule has 0 atom stereocenters. The fourth-order valence-electron chi connectivity index (χ4n) is 1.82. The first-order valence-corrected chi connectivity index (χ1v) is 5.72. The Kier molecular flexibility index (Phi) is 3.44. The van der Waals surface area contributed by atoms with Crippen LogP contribution < -0.4 is 4.74 Å². The highest BCUT2D eigenvalue weighted by Gasteiger charge is 2.16. The molecule has 0 bridgehead atoms. The fourth-order valence-corrected chi connectivity index (χ4v) is 1.82. The second kappa shape index (κ2) is 5.01. The van der Waals surface area contributed by atoms with Crippen LogP contribution in [0.2, 0.25) is 0 Å². The largest absolute Gasteiger partial charge is 0.494 e. The molecule has 0 amide bonds. The SMILES string of the molecule is O=C(O)c1ccc(OCCC2CCC2)cc1. The molecule has 1 aliphatic carbocycles. The first kappa shape index (κ1) is 11.0. The molecular weight excluding hydrogens is 204 g/mol. The van der Waals surface area contributed by atoms with Crippen molar-refractivity contribution in [2.24, 2.45) is 5.92 Å². The third kappa shape index (κ3) is 2.75. The summed E-state index contributed by atoms with van der Waals surface area (Å²) in [5.41, 5.74) is 0.298. The number of carboxylic acid groups (broad SMARTS) is 1. The first-order chi connectivity index (χ1) is 7.75. The second-order valence-corrected chi connectivity index (χ2v) is 4.26. The van der Waals surface area contributed by atoms with E-state index in [1.54, 1.807) is 24.3 Å². The van der Waals surface area contributed by atoms with Gasteiger partial charge < -0.3 is 9.84 Å². The molecule has 1 fully saturated rings. The van der Waals surface area contributed by atoms with Gasteiger partial charge in [-0.05, 0) is 36.6 Å². The molecule has 1 aromatic rings. The van der Waals surface area contributed by atoms with Crippen molar-refractivity contribution < 1.29 is 14.6 Å². The van der Waals surface area contributed by atoms with Gasteiger partial charge in [-0.1, -0.05) is 19.3 Å². The van der Waals surface area contributed by atoms with Gasteiger partial charge in [0, 0.05) is 0 Å². The van der Waals surface area contributed by atoms with Crippen molar-refractivity contribution in [3.05, 3.63) is 29.8 Å². The van der Waals surface area contributed by atoms with E-state index < -0.39 is 5.97 Å². The van der Waals surface area contributed by atoms with E-state index in [4.69, 9.17) is 9.84 Å². The number of ether oxygens (including phenoxy) is 1. The van der Waals surface area contributed by atoms with Gasteiger partial charge in [-0.15, -0.1) is 0 Å². The summed E-state index contributed by atoms with van der Waals surface area (Å²) in [5, 5.41) is 8.72. The maximum absolute atomic E-state index is 10.6. The average molecular weight is 220 g/mol. The van der Waals surface area contributed by atoms with Crippen molar-refractivity contribution in [2.75, 3.05) is 6.61 Å². The number of benzene rings is 1. The number of aromatic carboxylic acids is 1. The molecule has 16 heavy (non-hydrogen) atoms. The third-order valence-corrected chi connectivity index (χ3v) is 3.12. The molecule has 2 rings (SSSR count). The summed E-state index contributed by atoms with van der Waals surface area (Å²) in [6.07, 6.45) is 5.14. The van der Waals surface area contributed by atoms with Crippen LogP contribution in [0.3, 0.4) is 0 Å². The molecule has 0 radical (unpaired) electrons. The summed E-state index contributed by atoms with van der Waals surface area (Å²) >= 11 is 0. The maximum Gasteiger partial charge on any atom is 0.335 e. The standard InChI is InChI=1S/C13H16O3/c14-13(15)11-4-6-12(7-5-11)16-9-8-10-2-1-3-10/h4-7,10H,1-3,8-9H2,(H,14,15). The minimum absolute atomic E-state index is 0.298. The minimum Gasteiger partial charge on any atom is -0.494 e. The van der Waals surface area contributed by atoms with Crippen LogP contribution in [0.25, 0.3) is 0 Å². The lowest BCUT2D eigenvalue weighted by atomic mass is 9.83. The Morgan fingerprint density at radius 2 is 2.00 bits per heavy atom. The van der Waals surface area contributed by atoms with Crippen LogP contribution in [-0.4, -0.2) is 17.7 Å². The summed E-state index contributed by atoms with van der Waals surface area (Å²) in [6, 6.07) is 6.57. The van der Waals surface area contributed by atoms with Crippen molar-refractivity contribution in [3.63, 3.8) is 0 Å². The molecule has 0 spiro atoms. The highest BCUT2D eigenvalue weighted by atomic mass is 16.5. The van der Waals surface area contributed by atoms with Gasteiger partial charge in [-0.3, -0.25) is 0 Å². The van der Waals surface area contributed by atoms with Crippen LogP contribution in [0.15, 0.2) is 24.3 Å². The Hall–Kier alpha value is -1.51. The molecule has 0 unspecified atom stereocenters. The van der Waals surface area contributed by atoms with E-state index in [9.17, 15) is 4.79 Å². The Morgan fingerprint density at radius 1 is 1.31 bits per heavy atom. The van der Waals surface area contributed by atoms with Crippen LogP contribution >= 0.6 is 0 Å². The van der Waals surface area contributed by atoms with E-state index in [0.29, 0.717) is 5.56 Å². The molecule has 0 aromatic heterocycles. The first-order valence-electron chi connectivity index (χ1n) is 5.72. The summed E-state index contributed by atoms with van der Waals surface area (Å²) in [7, 11) is 0. The fraction of sp³-hybridized carbons (Fsp3) is 0.462. The second-order valence-electron chi connectivity index (χ2n) is 4.26. The third-order valence-electron chi connectivity index (χ3n) is 3.12. The quantitative estimate of drug-likeness (QED) is 0.829. The minimum atomic E-state index is -0.902. The topological polar surface area (TPSA) is 46.5 Å². The lowest BCUT2D eigenvalue weighted by Crippen LogP contribution is -2.14. The lowest BCUT2D eigenvalue weighted by Gasteiger charge is -2.24. The number of carbonyl (C=O) groups is 1. The van der Waals surface area contributed by atoms with Crippen molar-refractivity contribution in [1.82, 2.24) is 0 Å². The number of carboxylic acids is 1. The Morgan fingerprint density at radius 3 is 2.50 bits per heavy atom. The van der Waals surface area contributed by atoms with Crippen LogP contribution in [0.1, 0.15) is 36.0 Å². The Labute approximate surface area is 95.0 Å². The van der Waals surface area contributed by atoms with Crippen molar-refractivity contribution in [1.29, 1.82) is 0 Å². The highest BCUT2D eigenvalue weighted by Crippen LogP contribution is 2.29. The van der Waals surface area contributed by atoms with Crippen LogP contribution in [-0.2, 0) is 0 Å². The molecule has 86 valence electrons. The van der Waals surface area contributed by atoms with Gasteiger partial charge in [0.1, 0.15) is 5.75 Å². The van der Waals surface area contributed by atoms with Crippen LogP contribution in [0, 0.1) is 5.92 Å². The van der Waals surface area contributed by atoms with Gasteiger partial charge in [0.15, 0.2) is 0 Å². The lowest BCUT2D eigenvalue weighted by molar-refractivity contribution is 0.0697. The number of rotatable bonds is 5. The molecule has 0 saturated heterocycles. The molecule has 0 aliphatic heterocycles. The smallest absolute Gasteiger partial charge is 0.335 e. The highest BCUT2D eigenvalue weighted by molar-refractivity contribution is 5.87. The van der Waals surface area contributed by atoms with Gasteiger partial charge in [-0.2, -0.15) is 0 Å². The summed E-state index contributed by atoms with van der Waals surface area (Å²) < 4.78 is 5.55. The van der Waals surface area contributed by atoms with Crippen molar-refractivity contribution in [2.45, 2.75) is 25.7 Å². The summed E-state index contributed by atoms with van der Waals surface area (Å²) in [5.74, 6) is 0.698. The average Bonchev–Trinajstić information content (AvgIpc) is 2.22. The molecule has 3 nitrogen and oxygen atoms in total. The van der Waals surface area contributed by atoms with E-state index in [1.165, 1.54) is 19.3 Å². The normalized spacial score (nSPS) is 15.5. The summed E-state index contributed by atoms with van der Waals surface area (Å²) in [6.45, 7) is 0.733. The van der Waals surface area contributed by atoms with Gasteiger partial charge in [0.05, 0.1) is 12.2 Å². The molecule has 1 aliphatic rings. The molecule has 1 aromatic carbocycles. The van der Waals surface area contributed by atoms with E-state index >= 15 is 0 Å². The molecule has 1 saturated carbocycles. The van der Waals surface area contributed by atoms with Crippen molar-refractivity contribution in [3.8, 4) is 5.75 Å². The van der Waals surface area contributed by atoms with Gasteiger partial charge in [-0.25, -0.2) is 4.79 Å².